The number of benzene rings is 1. The molecule has 134 valence electrons. The molecule has 0 aliphatic heterocycles. The molecule has 2 atom stereocenters. The minimum atomic E-state index is -4.43. The highest BCUT2D eigenvalue weighted by molar-refractivity contribution is 7.86. The van der Waals surface area contributed by atoms with Crippen LogP contribution in [0.5, 0.6) is 0 Å². The first-order valence-corrected chi connectivity index (χ1v) is 8.87. The van der Waals surface area contributed by atoms with Crippen LogP contribution in [0.25, 0.3) is 0 Å². The molecule has 0 aliphatic rings. The normalized spacial score (nSPS) is 12.5. The number of aryl methyl sites for hydroxylation is 1. The summed E-state index contributed by atoms with van der Waals surface area (Å²) in [6.45, 7) is 1.47. The quantitative estimate of drug-likeness (QED) is 0.380. The van der Waals surface area contributed by atoms with E-state index in [0.29, 0.717) is 5.56 Å². The third-order valence-electron chi connectivity index (χ3n) is 2.99. The van der Waals surface area contributed by atoms with Gasteiger partial charge in [-0.05, 0) is 31.0 Å². The van der Waals surface area contributed by atoms with Crippen molar-refractivity contribution in [2.24, 2.45) is 11.5 Å². The highest BCUT2D eigenvalue weighted by Crippen LogP contribution is 2.19. The third kappa shape index (κ3) is 6.40. The summed E-state index contributed by atoms with van der Waals surface area (Å²) in [6.07, 6.45) is -0.494. The number of carbonyl (C=O) groups is 2. The van der Waals surface area contributed by atoms with E-state index in [9.17, 15) is 22.6 Å². The predicted octanol–water partition coefficient (Wildman–Crippen LogP) is -0.117. The van der Waals surface area contributed by atoms with Crippen LogP contribution in [-0.4, -0.2) is 37.6 Å². The average Bonchev–Trinajstić information content (AvgIpc) is 2.45. The number of hydrogen-bond donors (Lipinski definition) is 4. The van der Waals surface area contributed by atoms with E-state index < -0.39 is 28.2 Å². The molecule has 11 heteroatoms. The smallest absolute Gasteiger partial charge is 0.411 e. The molecule has 0 bridgehead atoms. The Morgan fingerprint density at radius 3 is 2.58 bits per heavy atom. The van der Waals surface area contributed by atoms with Crippen molar-refractivity contribution >= 4 is 42.4 Å². The fourth-order valence-corrected chi connectivity index (χ4v) is 3.23. The first kappa shape index (κ1) is 20.3. The maximum atomic E-state index is 11.8. The van der Waals surface area contributed by atoms with Crippen LogP contribution in [0.2, 0.25) is 0 Å². The molecule has 0 heterocycles. The molecule has 9 nitrogen and oxygen atoms in total. The molecule has 2 amide bonds. The third-order valence-corrected chi connectivity index (χ3v) is 4.72. The first-order chi connectivity index (χ1) is 11.0. The molecule has 6 N–H and O–H groups in total. The summed E-state index contributed by atoms with van der Waals surface area (Å²) in [7, 11) is -2.29. The second-order valence-electron chi connectivity index (χ2n) is 5.19. The highest BCUT2D eigenvalue weighted by atomic mass is 32.2. The van der Waals surface area contributed by atoms with E-state index in [1.54, 1.807) is 6.92 Å². The van der Waals surface area contributed by atoms with Gasteiger partial charge in [-0.15, -0.1) is 9.24 Å². The number of anilines is 1. The number of rotatable bonds is 7. The lowest BCUT2D eigenvalue weighted by Crippen LogP contribution is -2.31. The topological polar surface area (TPSA) is 162 Å². The van der Waals surface area contributed by atoms with Crippen molar-refractivity contribution in [2.45, 2.75) is 30.7 Å². The predicted molar refractivity (Wildman–Crippen MR) is 91.7 cm³/mol. The summed E-state index contributed by atoms with van der Waals surface area (Å²) in [5.74, 6) is -0.500. The van der Waals surface area contributed by atoms with E-state index in [1.807, 2.05) is 0 Å². The molecule has 1 aromatic rings. The zero-order valence-electron chi connectivity index (χ0n) is 13.0. The Hall–Kier alpha value is -1.74. The van der Waals surface area contributed by atoms with Gasteiger partial charge >= 0.3 is 6.09 Å². The molecule has 24 heavy (non-hydrogen) atoms. The van der Waals surface area contributed by atoms with Gasteiger partial charge in [0.1, 0.15) is 11.5 Å². The highest BCUT2D eigenvalue weighted by Gasteiger charge is 2.18. The summed E-state index contributed by atoms with van der Waals surface area (Å²) in [4.78, 5) is 22.1. The minimum absolute atomic E-state index is 0.0808. The Morgan fingerprint density at radius 2 is 2.04 bits per heavy atom. The van der Waals surface area contributed by atoms with Crippen LogP contribution in [0.15, 0.2) is 17.0 Å². The molecule has 0 fully saturated rings. The molecule has 0 aromatic heterocycles. The number of nitrogens with two attached hydrogens (primary N) is 2. The van der Waals surface area contributed by atoms with Crippen LogP contribution in [0.4, 0.5) is 10.5 Å². The van der Waals surface area contributed by atoms with E-state index >= 15 is 0 Å². The monoisotopic (exact) mass is 377 g/mol. The minimum Gasteiger partial charge on any atom is -0.448 e. The van der Waals surface area contributed by atoms with E-state index in [-0.39, 0.29) is 35.3 Å². The number of hydrogen-bond acceptors (Lipinski definition) is 6. The Balaban J connectivity index is 2.74. The molecule has 0 saturated heterocycles. The SMILES string of the molecule is Cc1cc(NC(=O)OCC(N)CCC(N)=O)c(P)c(S(=O)(=O)O)c1. The van der Waals surface area contributed by atoms with E-state index in [1.165, 1.54) is 12.1 Å². The van der Waals surface area contributed by atoms with Crippen molar-refractivity contribution in [3.05, 3.63) is 17.7 Å². The molecule has 0 aliphatic carbocycles. The van der Waals surface area contributed by atoms with Crippen molar-refractivity contribution in [1.29, 1.82) is 0 Å². The van der Waals surface area contributed by atoms with E-state index in [0.717, 1.165) is 0 Å². The van der Waals surface area contributed by atoms with Gasteiger partial charge in [0.15, 0.2) is 0 Å². The zero-order chi connectivity index (χ0) is 18.5. The molecule has 0 radical (unpaired) electrons. The molecule has 1 aromatic carbocycles. The van der Waals surface area contributed by atoms with E-state index in [4.69, 9.17) is 16.2 Å². The standard InChI is InChI=1S/C13H20N3O6PS/c1-7-4-9(12(23)10(5-7)24(19,20)21)16-13(18)22-6-8(14)2-3-11(15)17/h4-5,8H,2-3,6,14,23H2,1H3,(H2,15,17)(H,16,18)(H,19,20,21). The van der Waals surface area contributed by atoms with Gasteiger partial charge in [0.25, 0.3) is 10.1 Å². The molecule has 1 rings (SSSR count). The van der Waals surface area contributed by atoms with Crippen molar-refractivity contribution in [2.75, 3.05) is 11.9 Å². The number of ether oxygens (including phenoxy) is 1. The Kier molecular flexibility index (Phi) is 7.09. The summed E-state index contributed by atoms with van der Waals surface area (Å²) in [5, 5.41) is 2.47. The molecule has 0 spiro atoms. The van der Waals surface area contributed by atoms with Crippen molar-refractivity contribution in [3.63, 3.8) is 0 Å². The number of nitrogens with one attached hydrogen (secondary N) is 1. The van der Waals surface area contributed by atoms with Gasteiger partial charge in [-0.3, -0.25) is 14.7 Å². The fourth-order valence-electron chi connectivity index (χ4n) is 1.82. The van der Waals surface area contributed by atoms with Gasteiger partial charge in [-0.1, -0.05) is 0 Å². The van der Waals surface area contributed by atoms with Crippen molar-refractivity contribution < 1.29 is 27.3 Å². The summed E-state index contributed by atoms with van der Waals surface area (Å²) >= 11 is 0. The molecular formula is C13H20N3O6PS. The number of amides is 2. The van der Waals surface area contributed by atoms with Crippen LogP contribution in [-0.2, 0) is 19.6 Å². The van der Waals surface area contributed by atoms with Crippen LogP contribution in [0, 0.1) is 6.92 Å². The zero-order valence-corrected chi connectivity index (χ0v) is 15.0. The van der Waals surface area contributed by atoms with Gasteiger partial charge in [-0.2, -0.15) is 8.42 Å². The molecule has 0 saturated carbocycles. The van der Waals surface area contributed by atoms with Crippen molar-refractivity contribution in [1.82, 2.24) is 0 Å². The molecule has 2 unspecified atom stereocenters. The Morgan fingerprint density at radius 1 is 1.42 bits per heavy atom. The summed E-state index contributed by atoms with van der Waals surface area (Å²) < 4.78 is 36.8. The van der Waals surface area contributed by atoms with Gasteiger partial charge in [-0.25, -0.2) is 4.79 Å². The number of primary amides is 1. The number of carbonyl (C=O) groups excluding carboxylic acids is 2. The van der Waals surface area contributed by atoms with Crippen molar-refractivity contribution in [3.8, 4) is 0 Å². The first-order valence-electron chi connectivity index (χ1n) is 6.86. The van der Waals surface area contributed by atoms with Gasteiger partial charge < -0.3 is 16.2 Å². The lowest BCUT2D eigenvalue weighted by atomic mass is 10.2. The maximum Gasteiger partial charge on any atom is 0.411 e. The van der Waals surface area contributed by atoms with Crippen LogP contribution < -0.4 is 22.1 Å². The lowest BCUT2D eigenvalue weighted by molar-refractivity contribution is -0.118. The Labute approximate surface area is 142 Å². The summed E-state index contributed by atoms with van der Waals surface area (Å²) in [5.41, 5.74) is 11.3. The molecular weight excluding hydrogens is 357 g/mol. The second-order valence-corrected chi connectivity index (χ2v) is 7.16. The summed E-state index contributed by atoms with van der Waals surface area (Å²) in [6, 6.07) is 2.24. The van der Waals surface area contributed by atoms with E-state index in [2.05, 4.69) is 14.6 Å². The lowest BCUT2D eigenvalue weighted by Gasteiger charge is -2.14. The fraction of sp³-hybridized carbons (Fsp3) is 0.385. The second kappa shape index (κ2) is 8.39. The van der Waals surface area contributed by atoms with Crippen LogP contribution >= 0.6 is 9.24 Å². The average molecular weight is 377 g/mol. The van der Waals surface area contributed by atoms with Gasteiger partial charge in [0.05, 0.1) is 5.69 Å². The largest absolute Gasteiger partial charge is 0.448 e. The Bertz CT molecular complexity index is 737. The van der Waals surface area contributed by atoms with Gasteiger partial charge in [0.2, 0.25) is 5.91 Å². The van der Waals surface area contributed by atoms with Gasteiger partial charge in [0, 0.05) is 17.8 Å². The maximum absolute atomic E-state index is 11.8. The van der Waals surface area contributed by atoms with Crippen LogP contribution in [0.1, 0.15) is 18.4 Å². The van der Waals surface area contributed by atoms with Crippen LogP contribution in [0.3, 0.4) is 0 Å².